The molecule has 1 aromatic heterocycles. The number of fused-ring (bicyclic) bond motifs is 1. The Hall–Kier alpha value is -1.10. The van der Waals surface area contributed by atoms with Crippen LogP contribution in [0.4, 0.5) is 0 Å². The number of nitrogens with zero attached hydrogens (tertiary/aromatic N) is 2. The first-order chi connectivity index (χ1) is 5.83. The van der Waals surface area contributed by atoms with Crippen LogP contribution in [0, 0.1) is 5.21 Å². The highest BCUT2D eigenvalue weighted by atomic mass is 79.9. The van der Waals surface area contributed by atoms with Gasteiger partial charge < -0.3 is 5.21 Å². The van der Waals surface area contributed by atoms with E-state index in [9.17, 15) is 5.21 Å². The van der Waals surface area contributed by atoms with Crippen molar-refractivity contribution in [1.29, 1.82) is 0 Å². The maximum absolute atomic E-state index is 11.0. The van der Waals surface area contributed by atoms with Gasteiger partial charge in [-0.2, -0.15) is 0 Å². The van der Waals surface area contributed by atoms with E-state index >= 15 is 0 Å². The summed E-state index contributed by atoms with van der Waals surface area (Å²) in [7, 11) is 0. The van der Waals surface area contributed by atoms with Crippen LogP contribution in [0.1, 0.15) is 5.56 Å². The van der Waals surface area contributed by atoms with Crippen LogP contribution >= 0.6 is 15.9 Å². The fraction of sp³-hybridized carbons (Fsp3) is 0.143. The summed E-state index contributed by atoms with van der Waals surface area (Å²) in [6.07, 6.45) is 0. The van der Waals surface area contributed by atoms with Gasteiger partial charge in [0.2, 0.25) is 11.0 Å². The molecule has 0 aliphatic rings. The summed E-state index contributed by atoms with van der Waals surface area (Å²) in [5.41, 5.74) is 1.96. The van der Waals surface area contributed by atoms with Crippen LogP contribution < -0.4 is 4.90 Å². The fourth-order valence-electron chi connectivity index (χ4n) is 1.09. The Morgan fingerprint density at radius 1 is 1.58 bits per heavy atom. The van der Waals surface area contributed by atoms with Crippen molar-refractivity contribution < 1.29 is 9.53 Å². The van der Waals surface area contributed by atoms with Crippen molar-refractivity contribution >= 4 is 27.0 Å². The van der Waals surface area contributed by atoms with Crippen LogP contribution in [0.25, 0.3) is 11.0 Å². The molecular formula is C7H5BrN2O2. The Labute approximate surface area is 76.4 Å². The first-order valence-electron chi connectivity index (χ1n) is 3.36. The van der Waals surface area contributed by atoms with Gasteiger partial charge in [-0.25, -0.2) is 0 Å². The summed E-state index contributed by atoms with van der Waals surface area (Å²) >= 11 is 3.28. The zero-order valence-electron chi connectivity index (χ0n) is 6.03. The van der Waals surface area contributed by atoms with Crippen molar-refractivity contribution in [1.82, 2.24) is 5.16 Å². The van der Waals surface area contributed by atoms with E-state index in [0.29, 0.717) is 21.3 Å². The van der Waals surface area contributed by atoms with E-state index < -0.39 is 0 Å². The molecule has 0 amide bonds. The molecule has 0 N–H and O–H groups in total. The van der Waals surface area contributed by atoms with Crippen molar-refractivity contribution in [3.05, 3.63) is 29.0 Å². The van der Waals surface area contributed by atoms with Gasteiger partial charge in [-0.05, 0) is 11.0 Å². The number of aromatic nitrogens is 2. The molecular weight excluding hydrogens is 224 g/mol. The summed E-state index contributed by atoms with van der Waals surface area (Å²) in [5.74, 6) is 0. The minimum absolute atomic E-state index is 0.423. The van der Waals surface area contributed by atoms with Gasteiger partial charge >= 0.3 is 0 Å². The van der Waals surface area contributed by atoms with E-state index in [1.165, 1.54) is 0 Å². The second-order valence-electron chi connectivity index (χ2n) is 2.35. The van der Waals surface area contributed by atoms with Gasteiger partial charge in [-0.15, -0.1) is 0 Å². The molecule has 0 atom stereocenters. The molecule has 0 unspecified atom stereocenters. The molecule has 0 aliphatic carbocycles. The third kappa shape index (κ3) is 0.972. The minimum atomic E-state index is 0.423. The van der Waals surface area contributed by atoms with Gasteiger partial charge in [0, 0.05) is 16.1 Å². The largest absolute Gasteiger partial charge is 0.359 e. The van der Waals surface area contributed by atoms with Gasteiger partial charge in [0.15, 0.2) is 0 Å². The predicted octanol–water partition coefficient (Wildman–Crippen LogP) is 1.36. The quantitative estimate of drug-likeness (QED) is 0.547. The lowest BCUT2D eigenvalue weighted by atomic mass is 10.2. The fourth-order valence-corrected chi connectivity index (χ4v) is 1.54. The molecule has 1 aromatic carbocycles. The summed E-state index contributed by atoms with van der Waals surface area (Å²) < 4.78 is 4.45. The summed E-state index contributed by atoms with van der Waals surface area (Å²) in [6.45, 7) is 0. The lowest BCUT2D eigenvalue weighted by Crippen LogP contribution is -2.23. The first kappa shape index (κ1) is 7.54. The van der Waals surface area contributed by atoms with E-state index in [-0.39, 0.29) is 0 Å². The number of hydrogen-bond donors (Lipinski definition) is 0. The molecule has 0 spiro atoms. The molecule has 2 aromatic rings. The maximum atomic E-state index is 11.0. The molecule has 2 rings (SSSR count). The standard InChI is InChI=1S/C7H5BrN2O2/c8-4-5-2-1-3-6-7(5)10(11)12-9-6/h1-3H,4H2. The van der Waals surface area contributed by atoms with Gasteiger partial charge in [-0.3, -0.25) is 4.63 Å². The van der Waals surface area contributed by atoms with Crippen LogP contribution in [-0.2, 0) is 5.33 Å². The summed E-state index contributed by atoms with van der Waals surface area (Å²) in [4.78, 5) is 0.423. The zero-order valence-corrected chi connectivity index (χ0v) is 7.61. The number of halogens is 1. The molecule has 0 aliphatic heterocycles. The van der Waals surface area contributed by atoms with E-state index in [1.54, 1.807) is 6.07 Å². The molecule has 1 heterocycles. The van der Waals surface area contributed by atoms with Gasteiger partial charge in [-0.1, -0.05) is 28.1 Å². The number of hydrogen-bond acceptors (Lipinski definition) is 3. The van der Waals surface area contributed by atoms with Crippen molar-refractivity contribution in [3.63, 3.8) is 0 Å². The lowest BCUT2D eigenvalue weighted by molar-refractivity contribution is -0.782. The van der Waals surface area contributed by atoms with Crippen molar-refractivity contribution in [2.45, 2.75) is 5.33 Å². The van der Waals surface area contributed by atoms with Crippen molar-refractivity contribution in [3.8, 4) is 0 Å². The van der Waals surface area contributed by atoms with E-state index in [0.717, 1.165) is 5.56 Å². The van der Waals surface area contributed by atoms with E-state index in [4.69, 9.17) is 0 Å². The first-order valence-corrected chi connectivity index (χ1v) is 4.48. The zero-order chi connectivity index (χ0) is 8.55. The highest BCUT2D eigenvalue weighted by Crippen LogP contribution is 2.15. The van der Waals surface area contributed by atoms with Crippen LogP contribution in [0.2, 0.25) is 0 Å². The molecule has 0 fully saturated rings. The smallest absolute Gasteiger partial charge is 0.248 e. The molecule has 4 nitrogen and oxygen atoms in total. The highest BCUT2D eigenvalue weighted by Gasteiger charge is 2.12. The van der Waals surface area contributed by atoms with E-state index in [1.807, 2.05) is 12.1 Å². The molecule has 12 heavy (non-hydrogen) atoms. The SMILES string of the molecule is [O-][n+]1onc2cccc(CBr)c21. The molecule has 0 saturated carbocycles. The monoisotopic (exact) mass is 228 g/mol. The normalized spacial score (nSPS) is 10.8. The number of alkyl halides is 1. The third-order valence-electron chi connectivity index (χ3n) is 1.64. The predicted molar refractivity (Wildman–Crippen MR) is 45.6 cm³/mol. The number of rotatable bonds is 1. The Bertz CT molecular complexity index is 413. The Morgan fingerprint density at radius 2 is 2.42 bits per heavy atom. The third-order valence-corrected chi connectivity index (χ3v) is 2.24. The Balaban J connectivity index is 2.84. The van der Waals surface area contributed by atoms with Crippen LogP contribution in [-0.4, -0.2) is 5.16 Å². The van der Waals surface area contributed by atoms with Crippen molar-refractivity contribution in [2.75, 3.05) is 0 Å². The Kier molecular flexibility index (Phi) is 1.73. The topological polar surface area (TPSA) is 53.0 Å². The van der Waals surface area contributed by atoms with Gasteiger partial charge in [0.05, 0.1) is 0 Å². The van der Waals surface area contributed by atoms with Crippen molar-refractivity contribution in [2.24, 2.45) is 0 Å². The maximum Gasteiger partial charge on any atom is 0.248 e. The van der Waals surface area contributed by atoms with Crippen LogP contribution in [0.15, 0.2) is 22.8 Å². The van der Waals surface area contributed by atoms with Crippen LogP contribution in [0.5, 0.6) is 0 Å². The summed E-state index contributed by atoms with van der Waals surface area (Å²) in [5, 5.41) is 15.2. The molecule has 0 radical (unpaired) electrons. The molecule has 62 valence electrons. The lowest BCUT2D eigenvalue weighted by Gasteiger charge is -1.92. The minimum Gasteiger partial charge on any atom is -0.359 e. The average Bonchev–Trinajstić information content (AvgIpc) is 2.48. The number of para-hydroxylation sites is 1. The van der Waals surface area contributed by atoms with Gasteiger partial charge in [0.1, 0.15) is 0 Å². The second kappa shape index (κ2) is 2.75. The second-order valence-corrected chi connectivity index (χ2v) is 2.91. The number of benzene rings is 1. The summed E-state index contributed by atoms with van der Waals surface area (Å²) in [6, 6.07) is 5.42. The molecule has 0 saturated heterocycles. The molecule has 5 heteroatoms. The average molecular weight is 229 g/mol. The molecule has 0 bridgehead atoms. The highest BCUT2D eigenvalue weighted by molar-refractivity contribution is 9.08. The van der Waals surface area contributed by atoms with E-state index in [2.05, 4.69) is 25.7 Å². The Morgan fingerprint density at radius 3 is 3.17 bits per heavy atom. The van der Waals surface area contributed by atoms with Crippen LogP contribution in [0.3, 0.4) is 0 Å². The van der Waals surface area contributed by atoms with Gasteiger partial charge in [0.25, 0.3) is 0 Å².